The second kappa shape index (κ2) is 9.77. The maximum absolute atomic E-state index is 13.6. The maximum Gasteiger partial charge on any atom is 0.269 e. The van der Waals surface area contributed by atoms with Gasteiger partial charge in [0.25, 0.3) is 5.91 Å². The Morgan fingerprint density at radius 2 is 1.88 bits per heavy atom. The first-order valence-corrected chi connectivity index (χ1v) is 8.88. The molecule has 1 amide bonds. The fourth-order valence-electron chi connectivity index (χ4n) is 2.75. The Hall–Kier alpha value is -2.43. The number of halogens is 1. The molecule has 0 spiro atoms. The Morgan fingerprint density at radius 1 is 1.16 bits per heavy atom. The predicted molar refractivity (Wildman–Crippen MR) is 99.5 cm³/mol. The van der Waals surface area contributed by atoms with Crippen LogP contribution in [0.2, 0.25) is 0 Å². The van der Waals surface area contributed by atoms with Crippen LogP contribution in [0.5, 0.6) is 0 Å². The van der Waals surface area contributed by atoms with Crippen molar-refractivity contribution in [1.82, 2.24) is 10.3 Å². The number of hydrogen-bond donors (Lipinski definition) is 1. The smallest absolute Gasteiger partial charge is 0.269 e. The van der Waals surface area contributed by atoms with Crippen molar-refractivity contribution in [2.24, 2.45) is 0 Å². The van der Waals surface area contributed by atoms with E-state index in [0.717, 1.165) is 31.6 Å². The molecule has 1 aromatic heterocycles. The van der Waals surface area contributed by atoms with E-state index in [1.807, 2.05) is 12.1 Å². The van der Waals surface area contributed by atoms with E-state index in [9.17, 15) is 9.18 Å². The van der Waals surface area contributed by atoms with Gasteiger partial charge in [0.05, 0.1) is 0 Å². The molecule has 0 saturated carbocycles. The SMILES string of the molecule is CCCN(CCC)c1ccnc(C(=O)NCCc2ccccc2F)c1. The van der Waals surface area contributed by atoms with Gasteiger partial charge in [-0.2, -0.15) is 0 Å². The average molecular weight is 343 g/mol. The number of amides is 1. The lowest BCUT2D eigenvalue weighted by Gasteiger charge is -2.23. The van der Waals surface area contributed by atoms with Crippen LogP contribution in [0.25, 0.3) is 0 Å². The van der Waals surface area contributed by atoms with Gasteiger partial charge in [-0.1, -0.05) is 32.0 Å². The molecule has 0 aliphatic heterocycles. The number of hydrogen-bond acceptors (Lipinski definition) is 3. The minimum atomic E-state index is -0.244. The topological polar surface area (TPSA) is 45.2 Å². The van der Waals surface area contributed by atoms with Gasteiger partial charge in [0, 0.05) is 31.5 Å². The van der Waals surface area contributed by atoms with Crippen LogP contribution in [0.15, 0.2) is 42.6 Å². The van der Waals surface area contributed by atoms with Crippen molar-refractivity contribution < 1.29 is 9.18 Å². The molecule has 0 saturated heterocycles. The zero-order valence-corrected chi connectivity index (χ0v) is 15.0. The van der Waals surface area contributed by atoms with Crippen molar-refractivity contribution in [3.8, 4) is 0 Å². The van der Waals surface area contributed by atoms with Crippen LogP contribution >= 0.6 is 0 Å². The van der Waals surface area contributed by atoms with E-state index < -0.39 is 0 Å². The maximum atomic E-state index is 13.6. The third-order valence-electron chi connectivity index (χ3n) is 3.97. The van der Waals surface area contributed by atoms with Crippen molar-refractivity contribution in [3.05, 3.63) is 59.7 Å². The molecule has 0 fully saturated rings. The number of anilines is 1. The number of rotatable bonds is 9. The molecule has 0 radical (unpaired) electrons. The van der Waals surface area contributed by atoms with Gasteiger partial charge >= 0.3 is 0 Å². The molecule has 5 heteroatoms. The predicted octanol–water partition coefficient (Wildman–Crippen LogP) is 3.82. The molecule has 2 rings (SSSR count). The molecule has 25 heavy (non-hydrogen) atoms. The Kier molecular flexibility index (Phi) is 7.38. The molecule has 1 heterocycles. The van der Waals surface area contributed by atoms with Gasteiger partial charge in [0.1, 0.15) is 11.5 Å². The van der Waals surface area contributed by atoms with E-state index in [1.165, 1.54) is 6.07 Å². The zero-order chi connectivity index (χ0) is 18.1. The second-order valence-corrected chi connectivity index (χ2v) is 5.98. The van der Waals surface area contributed by atoms with E-state index in [2.05, 4.69) is 29.0 Å². The van der Waals surface area contributed by atoms with Gasteiger partial charge in [0.2, 0.25) is 0 Å². The summed E-state index contributed by atoms with van der Waals surface area (Å²) in [7, 11) is 0. The summed E-state index contributed by atoms with van der Waals surface area (Å²) in [4.78, 5) is 18.8. The lowest BCUT2D eigenvalue weighted by molar-refractivity contribution is 0.0949. The summed E-state index contributed by atoms with van der Waals surface area (Å²) in [5.74, 6) is -0.474. The summed E-state index contributed by atoms with van der Waals surface area (Å²) in [6, 6.07) is 10.4. The van der Waals surface area contributed by atoms with Crippen LogP contribution in [-0.4, -0.2) is 30.5 Å². The molecule has 0 bridgehead atoms. The molecule has 134 valence electrons. The van der Waals surface area contributed by atoms with Gasteiger partial charge in [-0.15, -0.1) is 0 Å². The number of pyridine rings is 1. The number of nitrogens with one attached hydrogen (secondary N) is 1. The van der Waals surface area contributed by atoms with Crippen molar-refractivity contribution in [1.29, 1.82) is 0 Å². The highest BCUT2D eigenvalue weighted by Crippen LogP contribution is 2.15. The van der Waals surface area contributed by atoms with Crippen molar-refractivity contribution in [3.63, 3.8) is 0 Å². The number of carbonyl (C=O) groups excluding carboxylic acids is 1. The van der Waals surface area contributed by atoms with Crippen LogP contribution in [0.3, 0.4) is 0 Å². The van der Waals surface area contributed by atoms with Gasteiger partial charge in [-0.05, 0) is 43.0 Å². The highest BCUT2D eigenvalue weighted by molar-refractivity contribution is 5.93. The molecule has 0 aliphatic rings. The molecule has 4 nitrogen and oxygen atoms in total. The first kappa shape index (κ1) is 18.9. The molecule has 0 atom stereocenters. The minimum Gasteiger partial charge on any atom is -0.371 e. The average Bonchev–Trinajstić information content (AvgIpc) is 2.63. The quantitative estimate of drug-likeness (QED) is 0.753. The summed E-state index contributed by atoms with van der Waals surface area (Å²) in [6.07, 6.45) is 4.22. The highest BCUT2D eigenvalue weighted by atomic mass is 19.1. The molecular formula is C20H26FN3O. The normalized spacial score (nSPS) is 10.5. The van der Waals surface area contributed by atoms with E-state index in [4.69, 9.17) is 0 Å². The summed E-state index contributed by atoms with van der Waals surface area (Å²) < 4.78 is 13.6. The van der Waals surface area contributed by atoms with Gasteiger partial charge in [-0.25, -0.2) is 4.39 Å². The summed E-state index contributed by atoms with van der Waals surface area (Å²) >= 11 is 0. The van der Waals surface area contributed by atoms with E-state index in [1.54, 1.807) is 24.4 Å². The molecule has 0 unspecified atom stereocenters. The fourth-order valence-corrected chi connectivity index (χ4v) is 2.75. The molecule has 2 aromatic rings. The van der Waals surface area contributed by atoms with Gasteiger partial charge in [0.15, 0.2) is 0 Å². The highest BCUT2D eigenvalue weighted by Gasteiger charge is 2.11. The number of aromatic nitrogens is 1. The fraction of sp³-hybridized carbons (Fsp3) is 0.400. The standard InChI is InChI=1S/C20H26FN3O/c1-3-13-24(14-4-2)17-10-12-22-19(15-17)20(25)23-11-9-16-7-5-6-8-18(16)21/h5-8,10,12,15H,3-4,9,11,13-14H2,1-2H3,(H,23,25). The Morgan fingerprint density at radius 3 is 2.56 bits per heavy atom. The first-order chi connectivity index (χ1) is 12.2. The lowest BCUT2D eigenvalue weighted by Crippen LogP contribution is -2.28. The van der Waals surface area contributed by atoms with Gasteiger partial charge < -0.3 is 10.2 Å². The molecule has 0 aliphatic carbocycles. The largest absolute Gasteiger partial charge is 0.371 e. The zero-order valence-electron chi connectivity index (χ0n) is 15.0. The van der Waals surface area contributed by atoms with Crippen LogP contribution in [0.4, 0.5) is 10.1 Å². The molecule has 1 aromatic carbocycles. The minimum absolute atomic E-state index is 0.230. The van der Waals surface area contributed by atoms with Crippen molar-refractivity contribution >= 4 is 11.6 Å². The van der Waals surface area contributed by atoms with Crippen LogP contribution in [-0.2, 0) is 6.42 Å². The first-order valence-electron chi connectivity index (χ1n) is 8.88. The summed E-state index contributed by atoms with van der Waals surface area (Å²) in [5, 5.41) is 2.82. The van der Waals surface area contributed by atoms with E-state index in [0.29, 0.717) is 24.2 Å². The monoisotopic (exact) mass is 343 g/mol. The third-order valence-corrected chi connectivity index (χ3v) is 3.97. The van der Waals surface area contributed by atoms with E-state index >= 15 is 0 Å². The Labute approximate surface area is 149 Å². The Balaban J connectivity index is 1.97. The number of benzene rings is 1. The lowest BCUT2D eigenvalue weighted by atomic mass is 10.1. The Bertz CT molecular complexity index is 684. The number of nitrogens with zero attached hydrogens (tertiary/aromatic N) is 2. The van der Waals surface area contributed by atoms with Crippen LogP contribution in [0, 0.1) is 5.82 Å². The molecule has 1 N–H and O–H groups in total. The van der Waals surface area contributed by atoms with Crippen molar-refractivity contribution in [2.45, 2.75) is 33.1 Å². The second-order valence-electron chi connectivity index (χ2n) is 5.98. The van der Waals surface area contributed by atoms with E-state index in [-0.39, 0.29) is 11.7 Å². The third kappa shape index (κ3) is 5.55. The van der Waals surface area contributed by atoms with Gasteiger partial charge in [-0.3, -0.25) is 9.78 Å². The van der Waals surface area contributed by atoms with Crippen LogP contribution in [0.1, 0.15) is 42.7 Å². The van der Waals surface area contributed by atoms with Crippen LogP contribution < -0.4 is 10.2 Å². The number of carbonyl (C=O) groups is 1. The summed E-state index contributed by atoms with van der Waals surface area (Å²) in [6.45, 7) is 6.55. The summed E-state index contributed by atoms with van der Waals surface area (Å²) in [5.41, 5.74) is 2.00. The molecular weight excluding hydrogens is 317 g/mol. The van der Waals surface area contributed by atoms with Crippen molar-refractivity contribution in [2.75, 3.05) is 24.5 Å².